The van der Waals surface area contributed by atoms with Gasteiger partial charge in [0.05, 0.1) is 5.70 Å². The Morgan fingerprint density at radius 3 is 2.33 bits per heavy atom. The zero-order valence-electron chi connectivity index (χ0n) is 8.99. The van der Waals surface area contributed by atoms with E-state index >= 15 is 0 Å². The number of hydrogen-bond acceptors (Lipinski definition) is 3. The number of aromatic hydroxyl groups is 1. The molecule has 0 saturated carbocycles. The molecule has 80 valence electrons. The predicted molar refractivity (Wildman–Crippen MR) is 62.8 cm³/mol. The van der Waals surface area contributed by atoms with Crippen molar-refractivity contribution in [3.63, 3.8) is 0 Å². The average molecular weight is 204 g/mol. The second-order valence-electron chi connectivity index (χ2n) is 3.48. The lowest BCUT2D eigenvalue weighted by molar-refractivity contribution is 0.473. The summed E-state index contributed by atoms with van der Waals surface area (Å²) in [6.45, 7) is 3.62. The van der Waals surface area contributed by atoms with Crippen molar-refractivity contribution in [2.75, 3.05) is 0 Å². The molecule has 0 aliphatic heterocycles. The Hall–Kier alpha value is -1.90. The van der Waals surface area contributed by atoms with Crippen molar-refractivity contribution in [1.82, 2.24) is 0 Å². The van der Waals surface area contributed by atoms with Gasteiger partial charge in [-0.15, -0.1) is 0 Å². The quantitative estimate of drug-likeness (QED) is 0.645. The van der Waals surface area contributed by atoms with Crippen LogP contribution < -0.4 is 11.5 Å². The summed E-state index contributed by atoms with van der Waals surface area (Å²) in [4.78, 5) is 0. The summed E-state index contributed by atoms with van der Waals surface area (Å²) in [5.74, 6) is 0.244. The number of hydrogen-bond donors (Lipinski definition) is 3. The minimum absolute atomic E-state index is 0.244. The molecule has 0 aliphatic rings. The van der Waals surface area contributed by atoms with Crippen LogP contribution in [-0.4, -0.2) is 5.11 Å². The van der Waals surface area contributed by atoms with Crippen molar-refractivity contribution >= 4 is 5.57 Å². The SMILES string of the molecule is C/C(=C\C(N)=C(\C)N)c1ccccc1O. The fourth-order valence-electron chi connectivity index (χ4n) is 1.23. The van der Waals surface area contributed by atoms with Crippen LogP contribution in [-0.2, 0) is 0 Å². The molecule has 0 bridgehead atoms. The van der Waals surface area contributed by atoms with E-state index in [1.54, 1.807) is 25.1 Å². The minimum Gasteiger partial charge on any atom is -0.507 e. The fraction of sp³-hybridized carbons (Fsp3) is 0.167. The number of allylic oxidation sites excluding steroid dienone is 3. The molecule has 0 amide bonds. The smallest absolute Gasteiger partial charge is 0.123 e. The highest BCUT2D eigenvalue weighted by molar-refractivity contribution is 5.70. The van der Waals surface area contributed by atoms with Crippen LogP contribution >= 0.6 is 0 Å². The first kappa shape index (κ1) is 11.2. The maximum Gasteiger partial charge on any atom is 0.123 e. The van der Waals surface area contributed by atoms with Crippen LogP contribution in [0.25, 0.3) is 5.57 Å². The van der Waals surface area contributed by atoms with Crippen molar-refractivity contribution in [3.8, 4) is 5.75 Å². The molecular formula is C12H16N2O. The first-order valence-corrected chi connectivity index (χ1v) is 4.71. The number of phenols is 1. The van der Waals surface area contributed by atoms with Crippen LogP contribution in [0.4, 0.5) is 0 Å². The third-order valence-electron chi connectivity index (χ3n) is 2.16. The molecule has 1 aromatic carbocycles. The number of rotatable bonds is 2. The monoisotopic (exact) mass is 204 g/mol. The topological polar surface area (TPSA) is 72.3 Å². The standard InChI is InChI=1S/C12H16N2O/c1-8(7-11(14)9(2)13)10-5-3-4-6-12(10)15/h3-7,15H,13-14H2,1-2H3/b8-7+,11-9+. The summed E-state index contributed by atoms with van der Waals surface area (Å²) in [6.07, 6.45) is 1.75. The third-order valence-corrected chi connectivity index (χ3v) is 2.16. The zero-order chi connectivity index (χ0) is 11.4. The molecule has 0 heterocycles. The highest BCUT2D eigenvalue weighted by Crippen LogP contribution is 2.24. The number of para-hydroxylation sites is 1. The van der Waals surface area contributed by atoms with Crippen molar-refractivity contribution in [2.45, 2.75) is 13.8 Å². The minimum atomic E-state index is 0.244. The van der Waals surface area contributed by atoms with E-state index in [0.29, 0.717) is 11.4 Å². The maximum absolute atomic E-state index is 9.60. The highest BCUT2D eigenvalue weighted by atomic mass is 16.3. The Bertz CT molecular complexity index is 415. The predicted octanol–water partition coefficient (Wildman–Crippen LogP) is 1.94. The second-order valence-corrected chi connectivity index (χ2v) is 3.48. The van der Waals surface area contributed by atoms with E-state index in [1.165, 1.54) is 0 Å². The number of benzene rings is 1. The Labute approximate surface area is 89.7 Å². The molecule has 0 saturated heterocycles. The van der Waals surface area contributed by atoms with Gasteiger partial charge in [0.1, 0.15) is 5.75 Å². The van der Waals surface area contributed by atoms with Gasteiger partial charge in [-0.2, -0.15) is 0 Å². The second kappa shape index (κ2) is 4.55. The van der Waals surface area contributed by atoms with Crippen LogP contribution in [0, 0.1) is 0 Å². The number of phenolic OH excluding ortho intramolecular Hbond substituents is 1. The molecule has 0 aliphatic carbocycles. The molecular weight excluding hydrogens is 188 g/mol. The van der Waals surface area contributed by atoms with Crippen molar-refractivity contribution in [3.05, 3.63) is 47.3 Å². The summed E-state index contributed by atoms with van der Waals surface area (Å²) in [5.41, 5.74) is 14.0. The van der Waals surface area contributed by atoms with E-state index in [4.69, 9.17) is 11.5 Å². The molecule has 0 radical (unpaired) electrons. The van der Waals surface area contributed by atoms with Gasteiger partial charge in [0.25, 0.3) is 0 Å². The van der Waals surface area contributed by atoms with Crippen LogP contribution in [0.1, 0.15) is 19.4 Å². The van der Waals surface area contributed by atoms with E-state index in [9.17, 15) is 5.11 Å². The van der Waals surface area contributed by atoms with Gasteiger partial charge in [-0.1, -0.05) is 18.2 Å². The third kappa shape index (κ3) is 2.77. The van der Waals surface area contributed by atoms with Crippen LogP contribution in [0.15, 0.2) is 41.7 Å². The molecule has 15 heavy (non-hydrogen) atoms. The summed E-state index contributed by atoms with van der Waals surface area (Å²) in [5, 5.41) is 9.60. The molecule has 1 rings (SSSR count). The highest BCUT2D eigenvalue weighted by Gasteiger charge is 2.01. The van der Waals surface area contributed by atoms with Gasteiger partial charge in [0, 0.05) is 11.3 Å². The normalized spacial score (nSPS) is 13.6. The molecule has 3 heteroatoms. The Kier molecular flexibility index (Phi) is 3.39. The van der Waals surface area contributed by atoms with Gasteiger partial charge in [-0.25, -0.2) is 0 Å². The van der Waals surface area contributed by atoms with E-state index in [1.807, 2.05) is 19.1 Å². The first-order chi connectivity index (χ1) is 7.02. The Balaban J connectivity index is 3.11. The largest absolute Gasteiger partial charge is 0.507 e. The van der Waals surface area contributed by atoms with Crippen molar-refractivity contribution < 1.29 is 5.11 Å². The average Bonchev–Trinajstić information content (AvgIpc) is 2.18. The van der Waals surface area contributed by atoms with Gasteiger partial charge < -0.3 is 16.6 Å². The molecule has 0 unspecified atom stereocenters. The Morgan fingerprint density at radius 1 is 1.20 bits per heavy atom. The zero-order valence-corrected chi connectivity index (χ0v) is 8.99. The van der Waals surface area contributed by atoms with E-state index in [2.05, 4.69) is 0 Å². The molecule has 0 fully saturated rings. The first-order valence-electron chi connectivity index (χ1n) is 4.71. The van der Waals surface area contributed by atoms with Gasteiger partial charge in [0.15, 0.2) is 0 Å². The van der Waals surface area contributed by atoms with Crippen LogP contribution in [0.5, 0.6) is 5.75 Å². The van der Waals surface area contributed by atoms with Gasteiger partial charge in [-0.05, 0) is 31.6 Å². The Morgan fingerprint density at radius 2 is 1.80 bits per heavy atom. The number of nitrogens with two attached hydrogens (primary N) is 2. The maximum atomic E-state index is 9.60. The van der Waals surface area contributed by atoms with Crippen LogP contribution in [0.3, 0.4) is 0 Å². The van der Waals surface area contributed by atoms with E-state index in [0.717, 1.165) is 11.1 Å². The van der Waals surface area contributed by atoms with Crippen LogP contribution in [0.2, 0.25) is 0 Å². The molecule has 0 atom stereocenters. The summed E-state index contributed by atoms with van der Waals surface area (Å²) >= 11 is 0. The lowest BCUT2D eigenvalue weighted by atomic mass is 10.1. The van der Waals surface area contributed by atoms with Gasteiger partial charge >= 0.3 is 0 Å². The summed E-state index contributed by atoms with van der Waals surface area (Å²) in [7, 11) is 0. The molecule has 5 N–H and O–H groups in total. The van der Waals surface area contributed by atoms with E-state index < -0.39 is 0 Å². The fourth-order valence-corrected chi connectivity index (χ4v) is 1.23. The van der Waals surface area contributed by atoms with Crippen molar-refractivity contribution in [1.29, 1.82) is 0 Å². The van der Waals surface area contributed by atoms with Gasteiger partial charge in [0.2, 0.25) is 0 Å². The molecule has 0 aromatic heterocycles. The summed E-state index contributed by atoms with van der Waals surface area (Å²) < 4.78 is 0. The van der Waals surface area contributed by atoms with Gasteiger partial charge in [-0.3, -0.25) is 0 Å². The lowest BCUT2D eigenvalue weighted by Crippen LogP contribution is -2.04. The molecule has 0 spiro atoms. The van der Waals surface area contributed by atoms with E-state index in [-0.39, 0.29) is 5.75 Å². The molecule has 1 aromatic rings. The lowest BCUT2D eigenvalue weighted by Gasteiger charge is -2.05. The van der Waals surface area contributed by atoms with Crippen molar-refractivity contribution in [2.24, 2.45) is 11.5 Å². The molecule has 3 nitrogen and oxygen atoms in total. The summed E-state index contributed by atoms with van der Waals surface area (Å²) in [6, 6.07) is 7.11.